The van der Waals surface area contributed by atoms with Gasteiger partial charge in [-0.3, -0.25) is 4.79 Å². The van der Waals surface area contributed by atoms with E-state index in [2.05, 4.69) is 5.32 Å². The maximum atomic E-state index is 11.3. The number of carboxylic acid groups (broad SMARTS) is 1. The highest BCUT2D eigenvalue weighted by Gasteiger charge is 2.17. The molecule has 5 heteroatoms. The molecule has 0 aromatic heterocycles. The van der Waals surface area contributed by atoms with E-state index in [9.17, 15) is 9.90 Å². The number of carbonyl (C=O) groups is 1. The third-order valence-electron chi connectivity index (χ3n) is 3.75. The molecule has 0 saturated heterocycles. The average molecular weight is 362 g/mol. The summed E-state index contributed by atoms with van der Waals surface area (Å²) in [5, 5.41) is 13.1. The molecular formula is C20H24ClNO3. The lowest BCUT2D eigenvalue weighted by atomic mass is 10.0. The van der Waals surface area contributed by atoms with Crippen LogP contribution in [-0.2, 0) is 17.9 Å². The van der Waals surface area contributed by atoms with E-state index in [1.54, 1.807) is 0 Å². The smallest absolute Gasteiger partial charge is 0.320 e. The molecular weight excluding hydrogens is 338 g/mol. The first-order valence-electron chi connectivity index (χ1n) is 8.36. The highest BCUT2D eigenvalue weighted by molar-refractivity contribution is 6.30. The molecule has 0 aliphatic heterocycles. The lowest BCUT2D eigenvalue weighted by Gasteiger charge is -2.17. The van der Waals surface area contributed by atoms with Crippen LogP contribution in [0.2, 0.25) is 5.02 Å². The molecule has 1 atom stereocenters. The topological polar surface area (TPSA) is 58.6 Å². The fourth-order valence-corrected chi connectivity index (χ4v) is 2.74. The monoisotopic (exact) mass is 361 g/mol. The van der Waals surface area contributed by atoms with E-state index >= 15 is 0 Å². The standard InChI is InChI=1S/C20H24ClNO3/c1-14(2)9-19(20(23)24)22-12-15-5-4-8-18(11-15)25-13-16-6-3-7-17(21)10-16/h3-8,10-11,14,19,22H,9,12-13H2,1-2H3,(H,23,24). The van der Waals surface area contributed by atoms with Gasteiger partial charge in [0.2, 0.25) is 0 Å². The van der Waals surface area contributed by atoms with Gasteiger partial charge in [-0.1, -0.05) is 49.7 Å². The Labute approximate surface area is 153 Å². The predicted octanol–water partition coefficient (Wildman–Crippen LogP) is 4.51. The van der Waals surface area contributed by atoms with Gasteiger partial charge in [-0.05, 0) is 47.7 Å². The van der Waals surface area contributed by atoms with Crippen molar-refractivity contribution in [2.24, 2.45) is 5.92 Å². The second kappa shape index (κ2) is 9.44. The molecule has 2 N–H and O–H groups in total. The van der Waals surface area contributed by atoms with Crippen LogP contribution in [0.25, 0.3) is 0 Å². The van der Waals surface area contributed by atoms with Crippen molar-refractivity contribution >= 4 is 17.6 Å². The van der Waals surface area contributed by atoms with E-state index < -0.39 is 12.0 Å². The first kappa shape index (κ1) is 19.3. The van der Waals surface area contributed by atoms with E-state index in [-0.39, 0.29) is 0 Å². The Balaban J connectivity index is 1.92. The van der Waals surface area contributed by atoms with Crippen LogP contribution in [0.5, 0.6) is 5.75 Å². The van der Waals surface area contributed by atoms with Crippen LogP contribution < -0.4 is 10.1 Å². The molecule has 2 aromatic rings. The molecule has 0 aliphatic rings. The summed E-state index contributed by atoms with van der Waals surface area (Å²) in [7, 11) is 0. The van der Waals surface area contributed by atoms with Crippen molar-refractivity contribution in [3.8, 4) is 5.75 Å². The van der Waals surface area contributed by atoms with Crippen molar-refractivity contribution in [3.05, 3.63) is 64.7 Å². The van der Waals surface area contributed by atoms with Crippen LogP contribution in [0.1, 0.15) is 31.4 Å². The Morgan fingerprint density at radius 2 is 1.88 bits per heavy atom. The molecule has 25 heavy (non-hydrogen) atoms. The number of ether oxygens (including phenoxy) is 1. The molecule has 2 aromatic carbocycles. The number of rotatable bonds is 9. The number of aliphatic carboxylic acids is 1. The summed E-state index contributed by atoms with van der Waals surface area (Å²) in [6.07, 6.45) is 0.598. The first-order valence-corrected chi connectivity index (χ1v) is 8.74. The number of benzene rings is 2. The summed E-state index contributed by atoms with van der Waals surface area (Å²) in [6, 6.07) is 14.7. The largest absolute Gasteiger partial charge is 0.489 e. The fourth-order valence-electron chi connectivity index (χ4n) is 2.52. The van der Waals surface area contributed by atoms with Gasteiger partial charge in [-0.15, -0.1) is 0 Å². The second-order valence-electron chi connectivity index (χ2n) is 6.47. The highest BCUT2D eigenvalue weighted by Crippen LogP contribution is 2.17. The molecule has 0 radical (unpaired) electrons. The molecule has 0 saturated carbocycles. The molecule has 2 rings (SSSR count). The van der Waals surface area contributed by atoms with E-state index in [0.717, 1.165) is 16.9 Å². The zero-order valence-electron chi connectivity index (χ0n) is 14.5. The van der Waals surface area contributed by atoms with Crippen LogP contribution in [-0.4, -0.2) is 17.1 Å². The van der Waals surface area contributed by atoms with Gasteiger partial charge in [0.05, 0.1) is 0 Å². The average Bonchev–Trinajstić information content (AvgIpc) is 2.57. The van der Waals surface area contributed by atoms with E-state index in [4.69, 9.17) is 16.3 Å². The lowest BCUT2D eigenvalue weighted by Crippen LogP contribution is -2.37. The van der Waals surface area contributed by atoms with Crippen molar-refractivity contribution in [2.45, 2.75) is 39.5 Å². The van der Waals surface area contributed by atoms with Gasteiger partial charge in [-0.2, -0.15) is 0 Å². The normalized spacial score (nSPS) is 12.2. The van der Waals surface area contributed by atoms with Crippen molar-refractivity contribution in [1.29, 1.82) is 0 Å². The van der Waals surface area contributed by atoms with Gasteiger partial charge < -0.3 is 15.2 Å². The van der Waals surface area contributed by atoms with Gasteiger partial charge in [-0.25, -0.2) is 0 Å². The maximum absolute atomic E-state index is 11.3. The minimum absolute atomic E-state index is 0.320. The van der Waals surface area contributed by atoms with Crippen molar-refractivity contribution in [1.82, 2.24) is 5.32 Å². The SMILES string of the molecule is CC(C)CC(NCc1cccc(OCc2cccc(Cl)c2)c1)C(=O)O. The van der Waals surface area contributed by atoms with E-state index in [1.807, 2.05) is 62.4 Å². The minimum Gasteiger partial charge on any atom is -0.489 e. The Morgan fingerprint density at radius 1 is 1.16 bits per heavy atom. The Morgan fingerprint density at radius 3 is 2.56 bits per heavy atom. The molecule has 4 nitrogen and oxygen atoms in total. The van der Waals surface area contributed by atoms with Crippen molar-refractivity contribution in [2.75, 3.05) is 0 Å². The minimum atomic E-state index is -0.818. The summed E-state index contributed by atoms with van der Waals surface area (Å²) < 4.78 is 5.80. The quantitative estimate of drug-likeness (QED) is 0.690. The molecule has 0 heterocycles. The first-order chi connectivity index (χ1) is 11.9. The number of hydrogen-bond donors (Lipinski definition) is 2. The molecule has 0 spiro atoms. The molecule has 0 bridgehead atoms. The number of carboxylic acids is 1. The van der Waals surface area contributed by atoms with Gasteiger partial charge in [0.15, 0.2) is 0 Å². The second-order valence-corrected chi connectivity index (χ2v) is 6.90. The fraction of sp³-hybridized carbons (Fsp3) is 0.350. The summed E-state index contributed by atoms with van der Waals surface area (Å²) in [5.74, 6) is 0.248. The summed E-state index contributed by atoms with van der Waals surface area (Å²) in [5.41, 5.74) is 1.98. The number of nitrogens with one attached hydrogen (secondary N) is 1. The van der Waals surface area contributed by atoms with Gasteiger partial charge in [0.25, 0.3) is 0 Å². The molecule has 0 aliphatic carbocycles. The Hall–Kier alpha value is -2.04. The van der Waals surface area contributed by atoms with Gasteiger partial charge >= 0.3 is 5.97 Å². The van der Waals surface area contributed by atoms with Crippen molar-refractivity contribution < 1.29 is 14.6 Å². The van der Waals surface area contributed by atoms with Crippen LogP contribution in [0.15, 0.2) is 48.5 Å². The molecule has 134 valence electrons. The third kappa shape index (κ3) is 6.77. The number of hydrogen-bond acceptors (Lipinski definition) is 3. The predicted molar refractivity (Wildman–Crippen MR) is 99.9 cm³/mol. The third-order valence-corrected chi connectivity index (χ3v) is 3.99. The highest BCUT2D eigenvalue weighted by atomic mass is 35.5. The summed E-state index contributed by atoms with van der Waals surface area (Å²) in [4.78, 5) is 11.3. The van der Waals surface area contributed by atoms with Crippen LogP contribution in [0.3, 0.4) is 0 Å². The maximum Gasteiger partial charge on any atom is 0.320 e. The van der Waals surface area contributed by atoms with Crippen LogP contribution in [0.4, 0.5) is 0 Å². The summed E-state index contributed by atoms with van der Waals surface area (Å²) in [6.45, 7) is 4.95. The van der Waals surface area contributed by atoms with Gasteiger partial charge in [0.1, 0.15) is 18.4 Å². The van der Waals surface area contributed by atoms with Crippen molar-refractivity contribution in [3.63, 3.8) is 0 Å². The number of halogens is 1. The Bertz CT molecular complexity index is 703. The molecule has 1 unspecified atom stereocenters. The molecule has 0 fully saturated rings. The van der Waals surface area contributed by atoms with E-state index in [0.29, 0.717) is 30.5 Å². The zero-order chi connectivity index (χ0) is 18.2. The summed E-state index contributed by atoms with van der Waals surface area (Å²) >= 11 is 5.97. The molecule has 0 amide bonds. The van der Waals surface area contributed by atoms with Crippen LogP contribution >= 0.6 is 11.6 Å². The van der Waals surface area contributed by atoms with Crippen LogP contribution in [0, 0.1) is 5.92 Å². The Kier molecular flexibility index (Phi) is 7.29. The van der Waals surface area contributed by atoms with Gasteiger partial charge in [0, 0.05) is 11.6 Å². The lowest BCUT2D eigenvalue weighted by molar-refractivity contribution is -0.140. The zero-order valence-corrected chi connectivity index (χ0v) is 15.3. The van der Waals surface area contributed by atoms with E-state index in [1.165, 1.54) is 0 Å².